The summed E-state index contributed by atoms with van der Waals surface area (Å²) in [6, 6.07) is 4.91. The Bertz CT molecular complexity index is 417. The molecule has 1 aromatic carbocycles. The molecule has 1 N–H and O–H groups in total. The summed E-state index contributed by atoms with van der Waals surface area (Å²) < 4.78 is 27.0. The van der Waals surface area contributed by atoms with E-state index in [1.807, 2.05) is 0 Å². The van der Waals surface area contributed by atoms with Crippen LogP contribution >= 0.6 is 0 Å². The van der Waals surface area contributed by atoms with E-state index in [0.717, 1.165) is 26.1 Å². The van der Waals surface area contributed by atoms with Crippen LogP contribution in [0.25, 0.3) is 0 Å². The second-order valence-electron chi connectivity index (χ2n) is 5.59. The minimum Gasteiger partial charge on any atom is -0.313 e. The lowest BCUT2D eigenvalue weighted by atomic mass is 10.0. The van der Waals surface area contributed by atoms with Gasteiger partial charge in [-0.1, -0.05) is 25.5 Å². The Balaban J connectivity index is 1.98. The van der Waals surface area contributed by atoms with Gasteiger partial charge in [-0.05, 0) is 38.4 Å². The molecule has 0 saturated carbocycles. The Labute approximate surface area is 120 Å². The van der Waals surface area contributed by atoms with Gasteiger partial charge in [-0.15, -0.1) is 0 Å². The monoisotopic (exact) mass is 282 g/mol. The first-order valence-corrected chi connectivity index (χ1v) is 7.59. The molecule has 0 aliphatic carbocycles. The van der Waals surface area contributed by atoms with Crippen LogP contribution in [0.1, 0.15) is 38.2 Å². The number of hydrogen-bond acceptors (Lipinski definition) is 2. The van der Waals surface area contributed by atoms with Crippen molar-refractivity contribution in [1.29, 1.82) is 0 Å². The molecule has 0 spiro atoms. The highest BCUT2D eigenvalue weighted by molar-refractivity contribution is 5.18. The van der Waals surface area contributed by atoms with Gasteiger partial charge in [0.2, 0.25) is 0 Å². The highest BCUT2D eigenvalue weighted by Gasteiger charge is 2.18. The molecule has 1 aliphatic heterocycles. The first kappa shape index (κ1) is 15.4. The van der Waals surface area contributed by atoms with Gasteiger partial charge in [-0.2, -0.15) is 0 Å². The molecule has 1 fully saturated rings. The van der Waals surface area contributed by atoms with E-state index in [1.54, 1.807) is 12.1 Å². The summed E-state index contributed by atoms with van der Waals surface area (Å²) >= 11 is 0. The van der Waals surface area contributed by atoms with Crippen LogP contribution < -0.4 is 5.32 Å². The Morgan fingerprint density at radius 1 is 1.30 bits per heavy atom. The molecule has 2 rings (SSSR count). The number of piperidine rings is 1. The lowest BCUT2D eigenvalue weighted by Gasteiger charge is -2.30. The van der Waals surface area contributed by atoms with Crippen molar-refractivity contribution in [3.05, 3.63) is 35.4 Å². The van der Waals surface area contributed by atoms with Crippen molar-refractivity contribution >= 4 is 0 Å². The third-order valence-electron chi connectivity index (χ3n) is 3.86. The molecule has 2 nitrogen and oxygen atoms in total. The quantitative estimate of drug-likeness (QED) is 0.861. The van der Waals surface area contributed by atoms with Crippen LogP contribution in [0.15, 0.2) is 18.2 Å². The predicted octanol–water partition coefficient (Wildman–Crippen LogP) is 3.32. The largest absolute Gasteiger partial charge is 0.313 e. The maximum absolute atomic E-state index is 13.8. The van der Waals surface area contributed by atoms with Crippen molar-refractivity contribution in [1.82, 2.24) is 10.2 Å². The fourth-order valence-electron chi connectivity index (χ4n) is 2.85. The zero-order valence-electron chi connectivity index (χ0n) is 12.2. The first-order valence-electron chi connectivity index (χ1n) is 7.59. The number of halogens is 2. The lowest BCUT2D eigenvalue weighted by Crippen LogP contribution is -2.43. The normalized spacial score (nSPS) is 19.5. The number of hydrogen-bond donors (Lipinski definition) is 1. The second kappa shape index (κ2) is 7.70. The lowest BCUT2D eigenvalue weighted by molar-refractivity contribution is 0.214. The molecule has 4 heteroatoms. The third kappa shape index (κ3) is 4.25. The standard InChI is InChI=1S/C16H24F2N2/c1-2-10-20(12-14-7-3-4-9-19-14)11-13-6-5-8-15(17)16(13)18/h5-6,8,14,19H,2-4,7,9-12H2,1H3. The van der Waals surface area contributed by atoms with Crippen molar-refractivity contribution in [2.45, 2.75) is 45.2 Å². The SMILES string of the molecule is CCCN(Cc1cccc(F)c1F)CC1CCCCN1. The van der Waals surface area contributed by atoms with Crippen LogP contribution in [0.4, 0.5) is 8.78 Å². The topological polar surface area (TPSA) is 15.3 Å². The van der Waals surface area contributed by atoms with Gasteiger partial charge in [0.1, 0.15) is 0 Å². The molecule has 0 bridgehead atoms. The van der Waals surface area contributed by atoms with Crippen molar-refractivity contribution in [3.63, 3.8) is 0 Å². The van der Waals surface area contributed by atoms with Crippen LogP contribution in [-0.2, 0) is 6.54 Å². The van der Waals surface area contributed by atoms with Crippen LogP contribution in [0.5, 0.6) is 0 Å². The van der Waals surface area contributed by atoms with E-state index in [0.29, 0.717) is 18.2 Å². The minimum atomic E-state index is -0.755. The van der Waals surface area contributed by atoms with Gasteiger partial charge in [0.15, 0.2) is 11.6 Å². The van der Waals surface area contributed by atoms with Gasteiger partial charge in [0, 0.05) is 24.7 Å². The summed E-state index contributed by atoms with van der Waals surface area (Å²) in [5.41, 5.74) is 0.453. The maximum atomic E-state index is 13.8. The smallest absolute Gasteiger partial charge is 0.163 e. The Morgan fingerprint density at radius 3 is 2.85 bits per heavy atom. The number of nitrogens with zero attached hydrogens (tertiary/aromatic N) is 1. The van der Waals surface area contributed by atoms with Crippen LogP contribution in [0.2, 0.25) is 0 Å². The fraction of sp³-hybridized carbons (Fsp3) is 0.625. The van der Waals surface area contributed by atoms with Crippen LogP contribution in [0.3, 0.4) is 0 Å². The highest BCUT2D eigenvalue weighted by atomic mass is 19.2. The molecule has 1 unspecified atom stereocenters. The van der Waals surface area contributed by atoms with Crippen molar-refractivity contribution in [3.8, 4) is 0 Å². The summed E-state index contributed by atoms with van der Waals surface area (Å²) in [4.78, 5) is 2.22. The molecule has 1 aliphatic rings. The molecule has 1 heterocycles. The summed E-state index contributed by atoms with van der Waals surface area (Å²) in [5, 5.41) is 3.51. The van der Waals surface area contributed by atoms with Gasteiger partial charge >= 0.3 is 0 Å². The van der Waals surface area contributed by atoms with E-state index in [-0.39, 0.29) is 0 Å². The minimum absolute atomic E-state index is 0.453. The molecule has 0 radical (unpaired) electrons. The van der Waals surface area contributed by atoms with Crippen molar-refractivity contribution in [2.75, 3.05) is 19.6 Å². The molecule has 1 aromatic rings. The van der Waals surface area contributed by atoms with E-state index in [4.69, 9.17) is 0 Å². The molecular formula is C16H24F2N2. The van der Waals surface area contributed by atoms with Crippen LogP contribution in [-0.4, -0.2) is 30.6 Å². The molecule has 1 saturated heterocycles. The third-order valence-corrected chi connectivity index (χ3v) is 3.86. The van der Waals surface area contributed by atoms with Crippen molar-refractivity contribution < 1.29 is 8.78 Å². The number of nitrogens with one attached hydrogen (secondary N) is 1. The zero-order chi connectivity index (χ0) is 14.4. The fourth-order valence-corrected chi connectivity index (χ4v) is 2.85. The molecule has 20 heavy (non-hydrogen) atoms. The summed E-state index contributed by atoms with van der Waals surface area (Å²) in [6.45, 7) is 5.48. The molecule has 1 atom stereocenters. The predicted molar refractivity (Wildman–Crippen MR) is 77.6 cm³/mol. The molecular weight excluding hydrogens is 258 g/mol. The average Bonchev–Trinajstić information content (AvgIpc) is 2.45. The summed E-state index contributed by atoms with van der Waals surface area (Å²) in [7, 11) is 0. The Kier molecular flexibility index (Phi) is 5.92. The van der Waals surface area contributed by atoms with Gasteiger partial charge in [-0.25, -0.2) is 8.78 Å². The number of benzene rings is 1. The van der Waals surface area contributed by atoms with E-state index in [9.17, 15) is 8.78 Å². The Hall–Kier alpha value is -1.00. The summed E-state index contributed by atoms with van der Waals surface area (Å²) in [5.74, 6) is -1.46. The molecule has 0 aromatic heterocycles. The summed E-state index contributed by atoms with van der Waals surface area (Å²) in [6.07, 6.45) is 4.68. The van der Waals surface area contributed by atoms with E-state index < -0.39 is 11.6 Å². The highest BCUT2D eigenvalue weighted by Crippen LogP contribution is 2.16. The molecule has 112 valence electrons. The van der Waals surface area contributed by atoms with Crippen LogP contribution in [0, 0.1) is 11.6 Å². The average molecular weight is 282 g/mol. The first-order chi connectivity index (χ1) is 9.70. The number of rotatable bonds is 6. The van der Waals surface area contributed by atoms with E-state index in [2.05, 4.69) is 17.1 Å². The maximum Gasteiger partial charge on any atom is 0.163 e. The second-order valence-corrected chi connectivity index (χ2v) is 5.59. The van der Waals surface area contributed by atoms with E-state index >= 15 is 0 Å². The van der Waals surface area contributed by atoms with Gasteiger partial charge in [0.25, 0.3) is 0 Å². The van der Waals surface area contributed by atoms with E-state index in [1.165, 1.54) is 25.3 Å². The van der Waals surface area contributed by atoms with Gasteiger partial charge < -0.3 is 5.32 Å². The Morgan fingerprint density at radius 2 is 2.15 bits per heavy atom. The zero-order valence-corrected chi connectivity index (χ0v) is 12.2. The van der Waals surface area contributed by atoms with Gasteiger partial charge in [0.05, 0.1) is 0 Å². The van der Waals surface area contributed by atoms with Crippen molar-refractivity contribution in [2.24, 2.45) is 0 Å². The van der Waals surface area contributed by atoms with Gasteiger partial charge in [-0.3, -0.25) is 4.90 Å². The molecule has 0 amide bonds.